The van der Waals surface area contributed by atoms with Crippen LogP contribution in [0, 0.1) is 5.92 Å². The molecule has 0 fully saturated rings. The molecule has 1 N–H and O–H groups in total. The fourth-order valence-corrected chi connectivity index (χ4v) is 4.89. The number of hydrogen-bond donors (Lipinski definition) is 1. The first-order chi connectivity index (χ1) is 9.98. The van der Waals surface area contributed by atoms with Crippen molar-refractivity contribution >= 4 is 26.5 Å². The van der Waals surface area contributed by atoms with E-state index in [9.17, 15) is 8.42 Å². The maximum atomic E-state index is 12.3. The topological polar surface area (TPSA) is 76.9 Å². The van der Waals surface area contributed by atoms with Gasteiger partial charge in [0.2, 0.25) is 0 Å². The minimum absolute atomic E-state index is 0.157. The second-order valence-corrected chi connectivity index (χ2v) is 8.13. The molecule has 1 unspecified atom stereocenters. The molecular formula is C13H18N4O2S2. The largest absolute Gasteiger partial charge is 0.274 e. The Morgan fingerprint density at radius 1 is 1.52 bits per heavy atom. The molecular weight excluding hydrogens is 308 g/mol. The Hall–Kier alpha value is -1.41. The second kappa shape index (κ2) is 5.42. The van der Waals surface area contributed by atoms with Gasteiger partial charge < -0.3 is 0 Å². The van der Waals surface area contributed by atoms with Crippen LogP contribution in [0.2, 0.25) is 0 Å². The van der Waals surface area contributed by atoms with Gasteiger partial charge in [-0.15, -0.1) is 11.3 Å². The molecule has 0 aromatic carbocycles. The Bertz CT molecular complexity index is 748. The molecule has 0 amide bonds. The van der Waals surface area contributed by atoms with Crippen LogP contribution in [0.3, 0.4) is 0 Å². The number of nitrogens with zero attached hydrogens (tertiary/aromatic N) is 3. The highest BCUT2D eigenvalue weighted by atomic mass is 32.2. The molecule has 1 aliphatic rings. The van der Waals surface area contributed by atoms with Crippen LogP contribution >= 0.6 is 11.3 Å². The van der Waals surface area contributed by atoms with Gasteiger partial charge in [-0.2, -0.15) is 5.10 Å². The molecule has 0 saturated heterocycles. The van der Waals surface area contributed by atoms with E-state index in [1.54, 1.807) is 7.05 Å². The summed E-state index contributed by atoms with van der Waals surface area (Å²) in [6, 6.07) is 0. The molecule has 2 aromatic heterocycles. The number of aryl methyl sites for hydroxylation is 2. The standard InChI is InChI=1S/C13H18N4O2S2/c1-3-9-4-5-11-12(6-9)20-13(15-11)16-21(18,19)10-7-14-17(2)8-10/h7-9H,3-6H2,1-2H3,(H,15,16). The molecule has 6 nitrogen and oxygen atoms in total. The summed E-state index contributed by atoms with van der Waals surface area (Å²) in [6.07, 6.45) is 7.07. The monoisotopic (exact) mass is 326 g/mol. The number of thiazole rings is 1. The van der Waals surface area contributed by atoms with Crippen molar-refractivity contribution in [3.8, 4) is 0 Å². The average molecular weight is 326 g/mol. The third-order valence-electron chi connectivity index (χ3n) is 3.83. The number of anilines is 1. The smallest absolute Gasteiger partial charge is 0.266 e. The molecule has 2 heterocycles. The maximum absolute atomic E-state index is 12.3. The van der Waals surface area contributed by atoms with Crippen molar-refractivity contribution in [3.63, 3.8) is 0 Å². The summed E-state index contributed by atoms with van der Waals surface area (Å²) in [5, 5.41) is 4.35. The van der Waals surface area contributed by atoms with Gasteiger partial charge >= 0.3 is 0 Å². The van der Waals surface area contributed by atoms with Crippen molar-refractivity contribution in [3.05, 3.63) is 23.0 Å². The molecule has 3 rings (SSSR count). The van der Waals surface area contributed by atoms with Crippen molar-refractivity contribution in [2.45, 2.75) is 37.5 Å². The summed E-state index contributed by atoms with van der Waals surface area (Å²) < 4.78 is 28.5. The van der Waals surface area contributed by atoms with Crippen LogP contribution in [0.5, 0.6) is 0 Å². The normalized spacial score (nSPS) is 18.5. The van der Waals surface area contributed by atoms with Crippen LogP contribution in [-0.2, 0) is 29.9 Å². The lowest BCUT2D eigenvalue weighted by molar-refractivity contribution is 0.446. The first-order valence-corrected chi connectivity index (χ1v) is 9.28. The lowest BCUT2D eigenvalue weighted by Gasteiger charge is -2.18. The summed E-state index contributed by atoms with van der Waals surface area (Å²) in [7, 11) is -1.91. The highest BCUT2D eigenvalue weighted by Crippen LogP contribution is 2.34. The van der Waals surface area contributed by atoms with Crippen molar-refractivity contribution in [2.75, 3.05) is 4.72 Å². The fraction of sp³-hybridized carbons (Fsp3) is 0.538. The summed E-state index contributed by atoms with van der Waals surface area (Å²) in [6.45, 7) is 2.20. The predicted molar refractivity (Wildman–Crippen MR) is 81.9 cm³/mol. The van der Waals surface area contributed by atoms with Gasteiger partial charge in [0.15, 0.2) is 5.13 Å². The van der Waals surface area contributed by atoms with E-state index in [1.807, 2.05) is 0 Å². The van der Waals surface area contributed by atoms with Crippen molar-refractivity contribution in [2.24, 2.45) is 13.0 Å². The second-order valence-electron chi connectivity index (χ2n) is 5.36. The van der Waals surface area contributed by atoms with E-state index >= 15 is 0 Å². The van der Waals surface area contributed by atoms with Gasteiger partial charge in [0.1, 0.15) is 4.90 Å². The van der Waals surface area contributed by atoms with Crippen molar-refractivity contribution in [1.29, 1.82) is 0 Å². The van der Waals surface area contributed by atoms with Gasteiger partial charge in [0.05, 0.1) is 11.9 Å². The van der Waals surface area contributed by atoms with Crippen LogP contribution in [0.15, 0.2) is 17.3 Å². The molecule has 8 heteroatoms. The van der Waals surface area contributed by atoms with Crippen LogP contribution in [0.4, 0.5) is 5.13 Å². The van der Waals surface area contributed by atoms with Gasteiger partial charge in [-0.25, -0.2) is 13.4 Å². The van der Waals surface area contributed by atoms with E-state index in [0.717, 1.165) is 31.4 Å². The maximum Gasteiger partial charge on any atom is 0.266 e. The van der Waals surface area contributed by atoms with Gasteiger partial charge in [-0.05, 0) is 25.2 Å². The first kappa shape index (κ1) is 14.5. The Balaban J connectivity index is 1.81. The Morgan fingerprint density at radius 2 is 2.33 bits per heavy atom. The number of nitrogens with one attached hydrogen (secondary N) is 1. The summed E-state index contributed by atoms with van der Waals surface area (Å²) in [5.41, 5.74) is 1.05. The summed E-state index contributed by atoms with van der Waals surface area (Å²) in [5.74, 6) is 0.695. The number of hydrogen-bond acceptors (Lipinski definition) is 5. The molecule has 0 spiro atoms. The first-order valence-electron chi connectivity index (χ1n) is 6.98. The highest BCUT2D eigenvalue weighted by molar-refractivity contribution is 7.93. The minimum atomic E-state index is -3.60. The van der Waals surface area contributed by atoms with Gasteiger partial charge in [-0.1, -0.05) is 13.3 Å². The van der Waals surface area contributed by atoms with Gasteiger partial charge in [-0.3, -0.25) is 9.40 Å². The fourth-order valence-electron chi connectivity index (χ4n) is 2.55. The van der Waals surface area contributed by atoms with Crippen molar-refractivity contribution in [1.82, 2.24) is 14.8 Å². The van der Waals surface area contributed by atoms with Crippen LogP contribution in [0.1, 0.15) is 30.3 Å². The molecule has 0 bridgehead atoms. The number of fused-ring (bicyclic) bond motifs is 1. The summed E-state index contributed by atoms with van der Waals surface area (Å²) in [4.78, 5) is 5.81. The Morgan fingerprint density at radius 3 is 3.00 bits per heavy atom. The zero-order valence-electron chi connectivity index (χ0n) is 12.0. The molecule has 114 valence electrons. The van der Waals surface area contributed by atoms with E-state index in [4.69, 9.17) is 0 Å². The zero-order valence-corrected chi connectivity index (χ0v) is 13.7. The molecule has 0 radical (unpaired) electrons. The lowest BCUT2D eigenvalue weighted by atomic mass is 9.89. The van der Waals surface area contributed by atoms with Crippen molar-refractivity contribution < 1.29 is 8.42 Å². The average Bonchev–Trinajstić information content (AvgIpc) is 3.03. The third kappa shape index (κ3) is 2.96. The van der Waals surface area contributed by atoms with E-state index in [1.165, 1.54) is 33.3 Å². The Labute approximate surface area is 128 Å². The molecule has 21 heavy (non-hydrogen) atoms. The van der Waals surface area contributed by atoms with E-state index in [-0.39, 0.29) is 4.90 Å². The molecule has 1 aliphatic carbocycles. The zero-order chi connectivity index (χ0) is 15.0. The number of aromatic nitrogens is 3. The quantitative estimate of drug-likeness (QED) is 0.934. The van der Waals surface area contributed by atoms with Crippen LogP contribution < -0.4 is 4.72 Å². The van der Waals surface area contributed by atoms with Crippen LogP contribution in [-0.4, -0.2) is 23.2 Å². The molecule has 2 aromatic rings. The van der Waals surface area contributed by atoms with E-state index < -0.39 is 10.0 Å². The van der Waals surface area contributed by atoms with Gasteiger partial charge in [0.25, 0.3) is 10.0 Å². The molecule has 0 aliphatic heterocycles. The predicted octanol–water partition coefficient (Wildman–Crippen LogP) is 2.19. The lowest BCUT2D eigenvalue weighted by Crippen LogP contribution is -2.12. The van der Waals surface area contributed by atoms with Crippen LogP contribution in [0.25, 0.3) is 0 Å². The Kier molecular flexibility index (Phi) is 3.75. The molecule has 0 saturated carbocycles. The number of rotatable bonds is 4. The highest BCUT2D eigenvalue weighted by Gasteiger charge is 2.24. The minimum Gasteiger partial charge on any atom is -0.274 e. The number of sulfonamides is 1. The van der Waals surface area contributed by atoms with E-state index in [2.05, 4.69) is 21.7 Å². The summed E-state index contributed by atoms with van der Waals surface area (Å²) >= 11 is 1.45. The molecule has 1 atom stereocenters. The van der Waals surface area contributed by atoms with Gasteiger partial charge in [0, 0.05) is 18.1 Å². The SMILES string of the molecule is CCC1CCc2nc(NS(=O)(=O)c3cnn(C)c3)sc2C1. The third-order valence-corrected chi connectivity index (χ3v) is 6.29. The van der Waals surface area contributed by atoms with E-state index in [0.29, 0.717) is 11.0 Å².